The van der Waals surface area contributed by atoms with E-state index in [4.69, 9.17) is 11.6 Å². The molecular weight excluding hydrogens is 232 g/mol. The second-order valence-corrected chi connectivity index (χ2v) is 3.44. The lowest BCUT2D eigenvalue weighted by Gasteiger charge is -2.01. The highest BCUT2D eigenvalue weighted by molar-refractivity contribution is 6.29. The number of halogens is 1. The molecule has 2 heterocycles. The molecule has 2 aromatic rings. The molecule has 0 spiro atoms. The largest absolute Gasteiger partial charge is 0.465 e. The molecule has 16 heavy (non-hydrogen) atoms. The number of rotatable bonds is 1. The van der Waals surface area contributed by atoms with E-state index in [1.165, 1.54) is 25.4 Å². The summed E-state index contributed by atoms with van der Waals surface area (Å²) in [6.45, 7) is 0. The molecule has 0 atom stereocenters. The van der Waals surface area contributed by atoms with Crippen LogP contribution in [0.2, 0.25) is 5.15 Å². The summed E-state index contributed by atoms with van der Waals surface area (Å²) in [7, 11) is 1.21. The summed E-state index contributed by atoms with van der Waals surface area (Å²) in [5, 5.41) is 0.571. The van der Waals surface area contributed by atoms with Gasteiger partial charge in [0.2, 0.25) is 5.43 Å². The Morgan fingerprint density at radius 2 is 2.25 bits per heavy atom. The van der Waals surface area contributed by atoms with E-state index in [0.717, 1.165) is 0 Å². The molecule has 0 unspecified atom stereocenters. The summed E-state index contributed by atoms with van der Waals surface area (Å²) >= 11 is 5.68. The molecule has 0 fully saturated rings. The Hall–Kier alpha value is -1.88. The SMILES string of the molecule is COC(=O)c1c[nH]c2nc(Cl)ccc2c1=O. The topological polar surface area (TPSA) is 72.1 Å². The predicted octanol–water partition coefficient (Wildman–Crippen LogP) is 1.36. The first-order valence-electron chi connectivity index (χ1n) is 4.39. The minimum Gasteiger partial charge on any atom is -0.465 e. The average Bonchev–Trinajstić information content (AvgIpc) is 2.28. The van der Waals surface area contributed by atoms with Gasteiger partial charge in [0.05, 0.1) is 12.5 Å². The highest BCUT2D eigenvalue weighted by atomic mass is 35.5. The molecule has 2 rings (SSSR count). The van der Waals surface area contributed by atoms with E-state index in [2.05, 4.69) is 14.7 Å². The first kappa shape index (κ1) is 10.6. The number of hydrogen-bond donors (Lipinski definition) is 1. The predicted molar refractivity (Wildman–Crippen MR) is 58.7 cm³/mol. The van der Waals surface area contributed by atoms with Gasteiger partial charge in [-0.3, -0.25) is 4.79 Å². The second-order valence-electron chi connectivity index (χ2n) is 3.05. The van der Waals surface area contributed by atoms with Gasteiger partial charge in [-0.25, -0.2) is 9.78 Å². The van der Waals surface area contributed by atoms with Gasteiger partial charge < -0.3 is 9.72 Å². The summed E-state index contributed by atoms with van der Waals surface area (Å²) in [5.74, 6) is -0.682. The van der Waals surface area contributed by atoms with Crippen molar-refractivity contribution in [3.63, 3.8) is 0 Å². The monoisotopic (exact) mass is 238 g/mol. The lowest BCUT2D eigenvalue weighted by atomic mass is 10.2. The maximum Gasteiger partial charge on any atom is 0.343 e. The molecule has 0 saturated carbocycles. The number of esters is 1. The van der Waals surface area contributed by atoms with E-state index >= 15 is 0 Å². The third-order valence-corrected chi connectivity index (χ3v) is 2.32. The fourth-order valence-corrected chi connectivity index (χ4v) is 1.49. The van der Waals surface area contributed by atoms with Crippen molar-refractivity contribution >= 4 is 28.6 Å². The summed E-state index contributed by atoms with van der Waals surface area (Å²) in [4.78, 5) is 29.7. The number of hydrogen-bond acceptors (Lipinski definition) is 4. The van der Waals surface area contributed by atoms with E-state index in [-0.39, 0.29) is 10.7 Å². The molecule has 82 valence electrons. The molecule has 0 aliphatic heterocycles. The Balaban J connectivity index is 2.76. The highest BCUT2D eigenvalue weighted by Gasteiger charge is 2.13. The average molecular weight is 239 g/mol. The Labute approximate surface area is 95.0 Å². The Morgan fingerprint density at radius 3 is 2.94 bits per heavy atom. The van der Waals surface area contributed by atoms with Crippen molar-refractivity contribution in [1.82, 2.24) is 9.97 Å². The van der Waals surface area contributed by atoms with Crippen molar-refractivity contribution in [3.8, 4) is 0 Å². The smallest absolute Gasteiger partial charge is 0.343 e. The fourth-order valence-electron chi connectivity index (χ4n) is 1.34. The van der Waals surface area contributed by atoms with Crippen LogP contribution in [0, 0.1) is 0 Å². The number of nitrogens with zero attached hydrogens (tertiary/aromatic N) is 1. The number of H-pyrrole nitrogens is 1. The van der Waals surface area contributed by atoms with Gasteiger partial charge >= 0.3 is 5.97 Å². The number of aromatic nitrogens is 2. The third-order valence-electron chi connectivity index (χ3n) is 2.11. The zero-order valence-corrected chi connectivity index (χ0v) is 9.04. The number of aromatic amines is 1. The molecule has 2 aromatic heterocycles. The summed E-state index contributed by atoms with van der Waals surface area (Å²) in [6.07, 6.45) is 1.26. The normalized spacial score (nSPS) is 10.4. The number of carbonyl (C=O) groups excluding carboxylic acids is 1. The van der Waals surface area contributed by atoms with Crippen LogP contribution in [0.15, 0.2) is 23.1 Å². The van der Waals surface area contributed by atoms with Crippen molar-refractivity contribution in [2.45, 2.75) is 0 Å². The van der Waals surface area contributed by atoms with Crippen molar-refractivity contribution in [2.24, 2.45) is 0 Å². The van der Waals surface area contributed by atoms with Crippen LogP contribution in [-0.4, -0.2) is 23.0 Å². The van der Waals surface area contributed by atoms with Gasteiger partial charge in [-0.05, 0) is 12.1 Å². The van der Waals surface area contributed by atoms with Gasteiger partial charge in [0.25, 0.3) is 0 Å². The number of carbonyl (C=O) groups is 1. The molecule has 6 heteroatoms. The van der Waals surface area contributed by atoms with Crippen LogP contribution in [0.4, 0.5) is 0 Å². The minimum atomic E-state index is -0.682. The van der Waals surface area contributed by atoms with Crippen molar-refractivity contribution in [1.29, 1.82) is 0 Å². The number of fused-ring (bicyclic) bond motifs is 1. The zero-order chi connectivity index (χ0) is 11.7. The minimum absolute atomic E-state index is 0.0564. The van der Waals surface area contributed by atoms with Gasteiger partial charge in [0.1, 0.15) is 16.4 Å². The van der Waals surface area contributed by atoms with Crippen molar-refractivity contribution < 1.29 is 9.53 Å². The molecule has 0 aromatic carbocycles. The van der Waals surface area contributed by atoms with E-state index in [1.54, 1.807) is 0 Å². The van der Waals surface area contributed by atoms with Crippen LogP contribution in [0.1, 0.15) is 10.4 Å². The number of methoxy groups -OCH3 is 1. The van der Waals surface area contributed by atoms with Crippen LogP contribution in [0.25, 0.3) is 11.0 Å². The lowest BCUT2D eigenvalue weighted by Crippen LogP contribution is -2.17. The molecule has 0 aliphatic rings. The van der Waals surface area contributed by atoms with Crippen LogP contribution in [0.5, 0.6) is 0 Å². The number of ether oxygens (including phenoxy) is 1. The molecule has 0 radical (unpaired) electrons. The number of pyridine rings is 2. The molecule has 1 N–H and O–H groups in total. The maximum atomic E-state index is 11.8. The van der Waals surface area contributed by atoms with E-state index in [9.17, 15) is 9.59 Å². The van der Waals surface area contributed by atoms with Crippen LogP contribution in [-0.2, 0) is 4.74 Å². The van der Waals surface area contributed by atoms with Crippen molar-refractivity contribution in [3.05, 3.63) is 39.3 Å². The summed E-state index contributed by atoms with van der Waals surface area (Å²) in [5.41, 5.74) is -0.144. The Kier molecular flexibility index (Phi) is 2.62. The summed E-state index contributed by atoms with van der Waals surface area (Å²) in [6, 6.07) is 3.00. The van der Waals surface area contributed by atoms with Crippen LogP contribution in [0.3, 0.4) is 0 Å². The molecule has 0 amide bonds. The van der Waals surface area contributed by atoms with E-state index in [0.29, 0.717) is 11.0 Å². The maximum absolute atomic E-state index is 11.8. The van der Waals surface area contributed by atoms with E-state index in [1.807, 2.05) is 0 Å². The second kappa shape index (κ2) is 3.94. The quantitative estimate of drug-likeness (QED) is 0.602. The molecule has 0 bridgehead atoms. The molecule has 5 nitrogen and oxygen atoms in total. The highest BCUT2D eigenvalue weighted by Crippen LogP contribution is 2.10. The van der Waals surface area contributed by atoms with Gasteiger partial charge in [-0.2, -0.15) is 0 Å². The van der Waals surface area contributed by atoms with Gasteiger partial charge in [0, 0.05) is 6.20 Å². The zero-order valence-electron chi connectivity index (χ0n) is 8.28. The summed E-state index contributed by atoms with van der Waals surface area (Å²) < 4.78 is 4.48. The molecular formula is C10H7ClN2O3. The van der Waals surface area contributed by atoms with Crippen LogP contribution >= 0.6 is 11.6 Å². The van der Waals surface area contributed by atoms with E-state index < -0.39 is 11.4 Å². The lowest BCUT2D eigenvalue weighted by molar-refractivity contribution is 0.0599. The third kappa shape index (κ3) is 1.65. The van der Waals surface area contributed by atoms with Crippen molar-refractivity contribution in [2.75, 3.05) is 7.11 Å². The Morgan fingerprint density at radius 1 is 1.50 bits per heavy atom. The fraction of sp³-hybridized carbons (Fsp3) is 0.100. The van der Waals surface area contributed by atoms with Gasteiger partial charge in [-0.1, -0.05) is 11.6 Å². The van der Waals surface area contributed by atoms with Gasteiger partial charge in [-0.15, -0.1) is 0 Å². The standard InChI is InChI=1S/C10H7ClN2O3/c1-16-10(15)6-4-12-9-5(8(6)14)2-3-7(11)13-9/h2-4H,1H3,(H,12,13,14). The number of nitrogens with one attached hydrogen (secondary N) is 1. The first-order chi connectivity index (χ1) is 7.63. The molecule has 0 aliphatic carbocycles. The first-order valence-corrected chi connectivity index (χ1v) is 4.77. The molecule has 0 saturated heterocycles. The van der Waals surface area contributed by atoms with Gasteiger partial charge in [0.15, 0.2) is 0 Å². The van der Waals surface area contributed by atoms with Crippen LogP contribution < -0.4 is 5.43 Å². The Bertz CT molecular complexity index is 621.